The molecule has 0 radical (unpaired) electrons. The number of alkyl carbamates (subject to hydrolysis) is 1. The average Bonchev–Trinajstić information content (AvgIpc) is 2.87. The largest absolute Gasteiger partial charge is 0.445 e. The van der Waals surface area contributed by atoms with Crippen molar-refractivity contribution in [3.05, 3.63) is 71.8 Å². The Kier molecular flexibility index (Phi) is 10.8. The maximum absolute atomic E-state index is 12.7. The summed E-state index contributed by atoms with van der Waals surface area (Å²) in [6, 6.07) is 18.6. The Morgan fingerprint density at radius 3 is 2.14 bits per heavy atom. The normalized spacial score (nSPS) is 16.0. The first-order valence-corrected chi connectivity index (χ1v) is 13.1. The first kappa shape index (κ1) is 28.5. The molecule has 202 valence electrons. The highest BCUT2D eigenvalue weighted by atomic mass is 16.6. The van der Waals surface area contributed by atoms with Gasteiger partial charge >= 0.3 is 12.2 Å². The van der Waals surface area contributed by atoms with Crippen LogP contribution in [0.3, 0.4) is 0 Å². The van der Waals surface area contributed by atoms with Gasteiger partial charge in [0.2, 0.25) is 0 Å². The Morgan fingerprint density at radius 1 is 0.946 bits per heavy atom. The Hall–Kier alpha value is -3.10. The second-order valence-corrected chi connectivity index (χ2v) is 10.6. The smallest absolute Gasteiger partial charge is 0.422 e. The summed E-state index contributed by atoms with van der Waals surface area (Å²) in [6.07, 6.45) is 3.39. The first-order chi connectivity index (χ1) is 17.7. The lowest BCUT2D eigenvalue weighted by Gasteiger charge is -2.37. The molecule has 8 heteroatoms. The molecule has 0 aromatic heterocycles. The standard InChI is InChI=1S/C29H41N3O5/c1-29(2,3)37-28(35)31-32(24-17-11-6-12-18-24)20-26(33)25(19-22-13-7-4-8-14-22)30-27(34)36-21-23-15-9-5-10-16-23/h4-5,7-10,13-16,24-26,33H,6,11-12,17-21H2,1-3H3,(H,30,34)(H,31,35)/t25-,26?/m0/s1. The molecule has 2 aromatic rings. The number of hydrazine groups is 1. The summed E-state index contributed by atoms with van der Waals surface area (Å²) in [5, 5.41) is 16.0. The molecule has 1 aliphatic rings. The van der Waals surface area contributed by atoms with Crippen LogP contribution in [0.4, 0.5) is 9.59 Å². The number of benzene rings is 2. The van der Waals surface area contributed by atoms with Gasteiger partial charge in [0.05, 0.1) is 12.1 Å². The lowest BCUT2D eigenvalue weighted by Crippen LogP contribution is -2.57. The van der Waals surface area contributed by atoms with Gasteiger partial charge in [-0.25, -0.2) is 14.6 Å². The van der Waals surface area contributed by atoms with Gasteiger partial charge in [-0.05, 0) is 51.2 Å². The predicted octanol–water partition coefficient (Wildman–Crippen LogP) is 4.96. The summed E-state index contributed by atoms with van der Waals surface area (Å²) in [5.41, 5.74) is 4.07. The van der Waals surface area contributed by atoms with Gasteiger partial charge in [0.25, 0.3) is 0 Å². The van der Waals surface area contributed by atoms with E-state index in [9.17, 15) is 14.7 Å². The Balaban J connectivity index is 1.70. The van der Waals surface area contributed by atoms with Crippen molar-refractivity contribution in [3.63, 3.8) is 0 Å². The summed E-state index contributed by atoms with van der Waals surface area (Å²) in [4.78, 5) is 25.3. The fourth-order valence-electron chi connectivity index (χ4n) is 4.49. The number of nitrogens with zero attached hydrogens (tertiary/aromatic N) is 1. The number of rotatable bonds is 10. The zero-order valence-corrected chi connectivity index (χ0v) is 22.2. The Labute approximate surface area is 220 Å². The van der Waals surface area contributed by atoms with Gasteiger partial charge in [-0.2, -0.15) is 0 Å². The van der Waals surface area contributed by atoms with Crippen molar-refractivity contribution in [2.24, 2.45) is 0 Å². The minimum atomic E-state index is -0.971. The second-order valence-electron chi connectivity index (χ2n) is 10.6. The van der Waals surface area contributed by atoms with E-state index in [0.29, 0.717) is 6.42 Å². The maximum atomic E-state index is 12.7. The number of aliphatic hydroxyl groups excluding tert-OH is 1. The molecule has 1 unspecified atom stereocenters. The Morgan fingerprint density at radius 2 is 1.54 bits per heavy atom. The molecule has 0 heterocycles. The van der Waals surface area contributed by atoms with E-state index in [1.165, 1.54) is 0 Å². The van der Waals surface area contributed by atoms with E-state index >= 15 is 0 Å². The van der Waals surface area contributed by atoms with Gasteiger partial charge in [0.15, 0.2) is 0 Å². The van der Waals surface area contributed by atoms with Crippen molar-refractivity contribution >= 4 is 12.2 Å². The van der Waals surface area contributed by atoms with Crippen LogP contribution >= 0.6 is 0 Å². The minimum Gasteiger partial charge on any atom is -0.445 e. The number of hydrogen-bond acceptors (Lipinski definition) is 6. The van der Waals surface area contributed by atoms with Gasteiger partial charge in [0.1, 0.15) is 12.2 Å². The quantitative estimate of drug-likeness (QED) is 0.390. The first-order valence-electron chi connectivity index (χ1n) is 13.1. The molecule has 2 amide bonds. The van der Waals surface area contributed by atoms with E-state index in [1.807, 2.05) is 81.4 Å². The molecule has 1 fully saturated rings. The van der Waals surface area contributed by atoms with E-state index in [2.05, 4.69) is 10.7 Å². The third-order valence-electron chi connectivity index (χ3n) is 6.31. The molecule has 8 nitrogen and oxygen atoms in total. The zero-order valence-electron chi connectivity index (χ0n) is 22.2. The van der Waals surface area contributed by atoms with E-state index in [4.69, 9.17) is 9.47 Å². The van der Waals surface area contributed by atoms with Crippen molar-refractivity contribution < 1.29 is 24.2 Å². The topological polar surface area (TPSA) is 100 Å². The van der Waals surface area contributed by atoms with E-state index in [0.717, 1.165) is 43.2 Å². The Bertz CT molecular complexity index is 959. The molecule has 2 atom stereocenters. The van der Waals surface area contributed by atoms with Crippen LogP contribution in [0.2, 0.25) is 0 Å². The van der Waals surface area contributed by atoms with E-state index < -0.39 is 29.9 Å². The fraction of sp³-hybridized carbons (Fsp3) is 0.517. The van der Waals surface area contributed by atoms with Crippen molar-refractivity contribution in [1.29, 1.82) is 0 Å². The molecular formula is C29H41N3O5. The molecule has 0 aliphatic heterocycles. The summed E-state index contributed by atoms with van der Waals surface area (Å²) in [5.74, 6) is 0. The van der Waals surface area contributed by atoms with Gasteiger partial charge in [-0.15, -0.1) is 0 Å². The van der Waals surface area contributed by atoms with E-state index in [1.54, 1.807) is 5.01 Å². The molecule has 3 N–H and O–H groups in total. The predicted molar refractivity (Wildman–Crippen MR) is 143 cm³/mol. The lowest BCUT2D eigenvalue weighted by molar-refractivity contribution is -0.00406. The summed E-state index contributed by atoms with van der Waals surface area (Å²) in [6.45, 7) is 5.71. The highest BCUT2D eigenvalue weighted by Crippen LogP contribution is 2.22. The van der Waals surface area contributed by atoms with Crippen molar-refractivity contribution in [2.75, 3.05) is 6.54 Å². The molecule has 3 rings (SSSR count). The molecule has 0 bridgehead atoms. The van der Waals surface area contributed by atoms with Crippen LogP contribution < -0.4 is 10.7 Å². The van der Waals surface area contributed by atoms with Crippen LogP contribution in [-0.4, -0.2) is 52.6 Å². The third kappa shape index (κ3) is 10.4. The van der Waals surface area contributed by atoms with E-state index in [-0.39, 0.29) is 19.2 Å². The SMILES string of the molecule is CC(C)(C)OC(=O)NN(CC(O)[C@H](Cc1ccccc1)NC(=O)OCc1ccccc1)C1CCCCC1. The molecule has 0 saturated heterocycles. The van der Waals surface area contributed by atoms with Crippen LogP contribution in [-0.2, 0) is 22.5 Å². The number of amides is 2. The van der Waals surface area contributed by atoms with Crippen LogP contribution in [0.25, 0.3) is 0 Å². The molecule has 1 aliphatic carbocycles. The third-order valence-corrected chi connectivity index (χ3v) is 6.31. The van der Waals surface area contributed by atoms with Crippen molar-refractivity contribution in [1.82, 2.24) is 15.8 Å². The van der Waals surface area contributed by atoms with Gasteiger partial charge in [-0.1, -0.05) is 79.9 Å². The fourth-order valence-corrected chi connectivity index (χ4v) is 4.49. The number of carbonyl (C=O) groups is 2. The number of ether oxygens (including phenoxy) is 2. The molecule has 1 saturated carbocycles. The number of carbonyl (C=O) groups excluding carboxylic acids is 2. The molecule has 37 heavy (non-hydrogen) atoms. The number of hydrogen-bond donors (Lipinski definition) is 3. The average molecular weight is 512 g/mol. The monoisotopic (exact) mass is 511 g/mol. The lowest BCUT2D eigenvalue weighted by atomic mass is 9.94. The number of nitrogens with one attached hydrogen (secondary N) is 2. The molecule has 0 spiro atoms. The summed E-state index contributed by atoms with van der Waals surface area (Å²) < 4.78 is 10.9. The molecular weight excluding hydrogens is 470 g/mol. The van der Waals surface area contributed by atoms with Crippen LogP contribution in [0.5, 0.6) is 0 Å². The van der Waals surface area contributed by atoms with Gasteiger partial charge in [-0.3, -0.25) is 5.43 Å². The maximum Gasteiger partial charge on any atom is 0.422 e. The number of aliphatic hydroxyl groups is 1. The summed E-state index contributed by atoms with van der Waals surface area (Å²) in [7, 11) is 0. The summed E-state index contributed by atoms with van der Waals surface area (Å²) >= 11 is 0. The van der Waals surface area contributed by atoms with Crippen molar-refractivity contribution in [2.45, 2.75) is 89.7 Å². The van der Waals surface area contributed by atoms with Crippen molar-refractivity contribution in [3.8, 4) is 0 Å². The minimum absolute atomic E-state index is 0.0818. The molecule has 2 aromatic carbocycles. The van der Waals surface area contributed by atoms with Crippen LogP contribution in [0.1, 0.15) is 64.0 Å². The van der Waals surface area contributed by atoms with Gasteiger partial charge in [0, 0.05) is 12.6 Å². The van der Waals surface area contributed by atoms with Crippen LogP contribution in [0.15, 0.2) is 60.7 Å². The van der Waals surface area contributed by atoms with Crippen LogP contribution in [0, 0.1) is 0 Å². The second kappa shape index (κ2) is 14.0. The van der Waals surface area contributed by atoms with Gasteiger partial charge < -0.3 is 19.9 Å². The highest BCUT2D eigenvalue weighted by molar-refractivity contribution is 5.68. The highest BCUT2D eigenvalue weighted by Gasteiger charge is 2.30. The zero-order chi connectivity index (χ0) is 26.7.